The van der Waals surface area contributed by atoms with Gasteiger partial charge in [-0.3, -0.25) is 4.79 Å². The van der Waals surface area contributed by atoms with Gasteiger partial charge in [-0.25, -0.2) is 9.78 Å². The van der Waals surface area contributed by atoms with Crippen LogP contribution in [0, 0.1) is 0 Å². The van der Waals surface area contributed by atoms with E-state index < -0.39 is 12.1 Å². The second-order valence-electron chi connectivity index (χ2n) is 7.27. The number of hydrogen-bond donors (Lipinski definition) is 0. The van der Waals surface area contributed by atoms with Crippen LogP contribution in [0.4, 0.5) is 0 Å². The summed E-state index contributed by atoms with van der Waals surface area (Å²) in [4.78, 5) is 29.1. The van der Waals surface area contributed by atoms with Crippen molar-refractivity contribution in [3.8, 4) is 0 Å². The van der Waals surface area contributed by atoms with Crippen molar-refractivity contribution in [2.24, 2.45) is 0 Å². The molecule has 0 unspecified atom stereocenters. The summed E-state index contributed by atoms with van der Waals surface area (Å²) < 4.78 is 6.28. The normalized spacial score (nSPS) is 12.8. The fraction of sp³-hybridized carbons (Fsp3) is 0.286. The van der Waals surface area contributed by atoms with Crippen LogP contribution in [-0.2, 0) is 10.2 Å². The van der Waals surface area contributed by atoms with Gasteiger partial charge in [-0.05, 0) is 36.1 Å². The third-order valence-electron chi connectivity index (χ3n) is 4.26. The first-order valence-electron chi connectivity index (χ1n) is 8.45. The topological polar surface area (TPSA) is 56.3 Å². The largest absolute Gasteiger partial charge is 0.451 e. The maximum Gasteiger partial charge on any atom is 0.338 e. The minimum atomic E-state index is -0.847. The van der Waals surface area contributed by atoms with E-state index in [4.69, 9.17) is 4.74 Å². The van der Waals surface area contributed by atoms with Gasteiger partial charge in [0.05, 0.1) is 21.3 Å². The Morgan fingerprint density at radius 1 is 1.04 bits per heavy atom. The van der Waals surface area contributed by atoms with Crippen LogP contribution in [0.2, 0.25) is 0 Å². The number of benzene rings is 2. The molecule has 0 amide bonds. The van der Waals surface area contributed by atoms with Crippen molar-refractivity contribution in [1.29, 1.82) is 0 Å². The highest BCUT2D eigenvalue weighted by atomic mass is 32.1. The van der Waals surface area contributed by atoms with Gasteiger partial charge in [0.15, 0.2) is 6.10 Å². The maximum absolute atomic E-state index is 12.6. The molecule has 3 rings (SSSR count). The molecule has 0 bridgehead atoms. The first-order valence-corrected chi connectivity index (χ1v) is 9.32. The van der Waals surface area contributed by atoms with Crippen molar-refractivity contribution in [1.82, 2.24) is 4.98 Å². The molecule has 0 aliphatic carbocycles. The van der Waals surface area contributed by atoms with Crippen molar-refractivity contribution in [2.75, 3.05) is 0 Å². The quantitative estimate of drug-likeness (QED) is 0.480. The van der Waals surface area contributed by atoms with Crippen molar-refractivity contribution in [2.45, 2.75) is 39.2 Å². The Kier molecular flexibility index (Phi) is 4.92. The maximum atomic E-state index is 12.6. The van der Waals surface area contributed by atoms with Gasteiger partial charge in [0.25, 0.3) is 0 Å². The highest BCUT2D eigenvalue weighted by Crippen LogP contribution is 2.23. The fourth-order valence-electron chi connectivity index (χ4n) is 2.63. The molecule has 0 aliphatic heterocycles. The van der Waals surface area contributed by atoms with Gasteiger partial charge < -0.3 is 4.74 Å². The lowest BCUT2D eigenvalue weighted by atomic mass is 9.86. The van der Waals surface area contributed by atoms with Gasteiger partial charge in [-0.1, -0.05) is 45.0 Å². The van der Waals surface area contributed by atoms with E-state index in [0.717, 1.165) is 15.8 Å². The number of fused-ring (bicyclic) bond motifs is 1. The van der Waals surface area contributed by atoms with Crippen LogP contribution >= 0.6 is 11.3 Å². The van der Waals surface area contributed by atoms with Crippen molar-refractivity contribution in [3.05, 3.63) is 64.7 Å². The number of esters is 1. The average Bonchev–Trinajstić information content (AvgIpc) is 3.08. The summed E-state index contributed by atoms with van der Waals surface area (Å²) in [5.74, 6) is -0.717. The Hall–Kier alpha value is -2.53. The number of ether oxygens (including phenoxy) is 1. The molecule has 0 saturated heterocycles. The lowest BCUT2D eigenvalue weighted by molar-refractivity contribution is 0.0319. The monoisotopic (exact) mass is 367 g/mol. The molecule has 1 atom stereocenters. The van der Waals surface area contributed by atoms with E-state index >= 15 is 0 Å². The molecular formula is C21H21NO3S. The summed E-state index contributed by atoms with van der Waals surface area (Å²) in [5.41, 5.74) is 4.70. The summed E-state index contributed by atoms with van der Waals surface area (Å²) in [5, 5.41) is 0. The molecule has 3 aromatic rings. The van der Waals surface area contributed by atoms with Crippen molar-refractivity contribution in [3.63, 3.8) is 0 Å². The predicted octanol–water partition coefficient (Wildman–Crippen LogP) is 5.02. The van der Waals surface area contributed by atoms with E-state index in [2.05, 4.69) is 25.8 Å². The second-order valence-corrected chi connectivity index (χ2v) is 8.16. The fourth-order valence-corrected chi connectivity index (χ4v) is 3.35. The van der Waals surface area contributed by atoms with Gasteiger partial charge >= 0.3 is 5.97 Å². The van der Waals surface area contributed by atoms with Gasteiger partial charge in [0.2, 0.25) is 5.78 Å². The molecule has 0 spiro atoms. The number of nitrogens with zero attached hydrogens (tertiary/aromatic N) is 1. The molecule has 4 nitrogen and oxygen atoms in total. The number of aromatic nitrogens is 1. The van der Waals surface area contributed by atoms with E-state index in [1.54, 1.807) is 42.8 Å². The molecule has 1 aromatic heterocycles. The van der Waals surface area contributed by atoms with Gasteiger partial charge in [-0.2, -0.15) is 0 Å². The van der Waals surface area contributed by atoms with Crippen LogP contribution < -0.4 is 0 Å². The van der Waals surface area contributed by atoms with Crippen LogP contribution in [0.15, 0.2) is 48.0 Å². The van der Waals surface area contributed by atoms with Crippen molar-refractivity contribution < 1.29 is 14.3 Å². The van der Waals surface area contributed by atoms with Crippen LogP contribution in [0.25, 0.3) is 10.2 Å². The molecule has 1 heterocycles. The molecule has 0 fully saturated rings. The van der Waals surface area contributed by atoms with Crippen LogP contribution in [0.5, 0.6) is 0 Å². The summed E-state index contributed by atoms with van der Waals surface area (Å²) in [7, 11) is 0. The standard InChI is InChI=1S/C21H21NO3S/c1-13(19(23)14-5-8-16(9-6-14)21(2,3)4)25-20(24)15-7-10-17-18(11-15)26-12-22-17/h5-13H,1-4H3/t13-/m0/s1. The average molecular weight is 367 g/mol. The number of Topliss-reactive ketones (excluding diaryl/α,β-unsaturated/α-hetero) is 1. The lowest BCUT2D eigenvalue weighted by Crippen LogP contribution is -2.24. The van der Waals surface area contributed by atoms with Crippen LogP contribution in [0.3, 0.4) is 0 Å². The molecule has 5 heteroatoms. The van der Waals surface area contributed by atoms with E-state index in [-0.39, 0.29) is 11.2 Å². The number of ketones is 1. The molecule has 0 radical (unpaired) electrons. The van der Waals surface area contributed by atoms with Gasteiger partial charge in [0, 0.05) is 5.56 Å². The van der Waals surface area contributed by atoms with E-state index in [1.165, 1.54) is 11.3 Å². The Bertz CT molecular complexity index is 951. The number of carbonyl (C=O) groups excluding carboxylic acids is 2. The highest BCUT2D eigenvalue weighted by molar-refractivity contribution is 7.16. The summed E-state index contributed by atoms with van der Waals surface area (Å²) >= 11 is 1.46. The zero-order valence-electron chi connectivity index (χ0n) is 15.3. The number of rotatable bonds is 4. The third-order valence-corrected chi connectivity index (χ3v) is 5.05. The SMILES string of the molecule is C[C@H](OC(=O)c1ccc2ncsc2c1)C(=O)c1ccc(C(C)(C)C)cc1. The predicted molar refractivity (Wildman–Crippen MR) is 104 cm³/mol. The molecule has 2 aromatic carbocycles. The zero-order valence-corrected chi connectivity index (χ0v) is 16.1. The van der Waals surface area contributed by atoms with E-state index in [0.29, 0.717) is 11.1 Å². The number of thiazole rings is 1. The lowest BCUT2D eigenvalue weighted by Gasteiger charge is -2.19. The number of hydrogen-bond acceptors (Lipinski definition) is 5. The second kappa shape index (κ2) is 7.00. The Balaban J connectivity index is 1.71. The van der Waals surface area contributed by atoms with Gasteiger partial charge in [-0.15, -0.1) is 11.3 Å². The zero-order chi connectivity index (χ0) is 18.9. The van der Waals surface area contributed by atoms with Gasteiger partial charge in [0.1, 0.15) is 0 Å². The number of carbonyl (C=O) groups is 2. The summed E-state index contributed by atoms with van der Waals surface area (Å²) in [6.45, 7) is 7.96. The smallest absolute Gasteiger partial charge is 0.338 e. The molecular weight excluding hydrogens is 346 g/mol. The third kappa shape index (κ3) is 3.83. The Morgan fingerprint density at radius 2 is 1.69 bits per heavy atom. The molecule has 26 heavy (non-hydrogen) atoms. The van der Waals surface area contributed by atoms with E-state index in [1.807, 2.05) is 12.1 Å². The minimum Gasteiger partial charge on any atom is -0.451 e. The highest BCUT2D eigenvalue weighted by Gasteiger charge is 2.21. The Labute approximate surface area is 156 Å². The molecule has 0 N–H and O–H groups in total. The minimum absolute atomic E-state index is 0.0228. The molecule has 0 saturated carbocycles. The summed E-state index contributed by atoms with van der Waals surface area (Å²) in [6.07, 6.45) is -0.847. The molecule has 0 aliphatic rings. The summed E-state index contributed by atoms with van der Waals surface area (Å²) in [6, 6.07) is 12.6. The first kappa shape index (κ1) is 18.3. The Morgan fingerprint density at radius 3 is 2.35 bits per heavy atom. The van der Waals surface area contributed by atoms with Crippen LogP contribution in [0.1, 0.15) is 54.0 Å². The first-order chi connectivity index (χ1) is 12.3. The van der Waals surface area contributed by atoms with Crippen LogP contribution in [-0.4, -0.2) is 22.8 Å². The van der Waals surface area contributed by atoms with E-state index in [9.17, 15) is 9.59 Å². The van der Waals surface area contributed by atoms with Crippen molar-refractivity contribution >= 4 is 33.3 Å². The molecule has 134 valence electrons.